The van der Waals surface area contributed by atoms with E-state index in [4.69, 9.17) is 24.6 Å². The minimum absolute atomic E-state index is 0.0156. The summed E-state index contributed by atoms with van der Waals surface area (Å²) in [6.45, 7) is 40.6. The third-order valence-corrected chi connectivity index (χ3v) is 23.0. The summed E-state index contributed by atoms with van der Waals surface area (Å²) in [5.74, 6) is 0. The van der Waals surface area contributed by atoms with Gasteiger partial charge in [0, 0.05) is 12.3 Å². The van der Waals surface area contributed by atoms with E-state index in [1.54, 1.807) is 0 Å². The number of H-pyrrole nitrogens is 1. The van der Waals surface area contributed by atoms with Gasteiger partial charge in [-0.25, -0.2) is 11.4 Å². The molecular formula is C28H53N3O6Si3. The Morgan fingerprint density at radius 2 is 1.38 bits per heavy atom. The maximum absolute atomic E-state index is 13.1. The fourth-order valence-corrected chi connectivity index (χ4v) is 7.20. The van der Waals surface area contributed by atoms with Crippen molar-refractivity contribution < 1.29 is 18.0 Å². The lowest BCUT2D eigenvalue weighted by Crippen LogP contribution is -2.58. The van der Waals surface area contributed by atoms with Crippen LogP contribution in [0.3, 0.4) is 0 Å². The third kappa shape index (κ3) is 6.99. The zero-order valence-corrected chi connectivity index (χ0v) is 30.4. The van der Waals surface area contributed by atoms with Gasteiger partial charge < -0.3 is 13.3 Å². The number of aromatic amines is 1. The highest BCUT2D eigenvalue weighted by Crippen LogP contribution is 2.50. The summed E-state index contributed by atoms with van der Waals surface area (Å²) in [5.41, 5.74) is -2.69. The first-order chi connectivity index (χ1) is 17.7. The SMILES string of the molecule is [C-]#[N+][C@]1(CO[Si](C)(C)C(C)(C)C)O[C@@H](n2ccc(=O)[nH]c2=O)[C@H](O[Si](C)(C)C(C)(C)C)[C@H]1O[Si](C)(C)C(C)(C)C. The van der Waals surface area contributed by atoms with Crippen LogP contribution in [0.2, 0.25) is 54.4 Å². The summed E-state index contributed by atoms with van der Waals surface area (Å²) in [7, 11) is -7.24. The Hall–Kier alpha value is -1.34. The molecule has 0 unspecified atom stereocenters. The molecule has 9 nitrogen and oxygen atoms in total. The lowest BCUT2D eigenvalue weighted by Gasteiger charge is -2.44. The molecule has 228 valence electrons. The van der Waals surface area contributed by atoms with Gasteiger partial charge in [-0.3, -0.25) is 23.9 Å². The van der Waals surface area contributed by atoms with Crippen LogP contribution in [0.15, 0.2) is 21.9 Å². The standard InChI is InChI=1S/C28H53N3O6Si3/c1-25(2,3)38(11,12)34-19-28(29-10)22(37-40(15,16)27(7,8)9)21(36-39(13,14)26(4,5)6)23(35-28)31-18-17-20(32)30-24(31)33/h17-18,21-23H,19H2,1-9,11-16H3,(H,30,32,33)/t21-,22-,23-,28-/m1/s1. The first kappa shape index (κ1) is 34.9. The van der Waals surface area contributed by atoms with Crippen molar-refractivity contribution in [1.82, 2.24) is 9.55 Å². The smallest absolute Gasteiger partial charge is 0.388 e. The highest BCUT2D eigenvalue weighted by atomic mass is 28.4. The lowest BCUT2D eigenvalue weighted by atomic mass is 10.1. The van der Waals surface area contributed by atoms with Gasteiger partial charge in [-0.1, -0.05) is 62.3 Å². The van der Waals surface area contributed by atoms with Gasteiger partial charge >= 0.3 is 11.4 Å². The van der Waals surface area contributed by atoms with Crippen molar-refractivity contribution >= 4 is 25.0 Å². The normalized spacial score (nSPS) is 25.2. The molecule has 4 atom stereocenters. The molecule has 0 bridgehead atoms. The van der Waals surface area contributed by atoms with E-state index >= 15 is 0 Å². The number of rotatable bonds is 8. The first-order valence-corrected chi connectivity index (χ1v) is 22.8. The van der Waals surface area contributed by atoms with E-state index in [-0.39, 0.29) is 21.7 Å². The molecule has 40 heavy (non-hydrogen) atoms. The van der Waals surface area contributed by atoms with Gasteiger partial charge in [-0.15, -0.1) is 0 Å². The van der Waals surface area contributed by atoms with Crippen molar-refractivity contribution in [2.75, 3.05) is 6.61 Å². The molecule has 1 fully saturated rings. The second kappa shape index (κ2) is 11.1. The number of hydrogen-bond acceptors (Lipinski definition) is 6. The van der Waals surface area contributed by atoms with Gasteiger partial charge in [0.1, 0.15) is 12.7 Å². The monoisotopic (exact) mass is 611 g/mol. The second-order valence-corrected chi connectivity index (χ2v) is 30.0. The van der Waals surface area contributed by atoms with Gasteiger partial charge in [0.25, 0.3) is 5.56 Å². The van der Waals surface area contributed by atoms with Crippen LogP contribution in [0.1, 0.15) is 68.5 Å². The quantitative estimate of drug-likeness (QED) is 0.267. The van der Waals surface area contributed by atoms with Gasteiger partial charge in [-0.2, -0.15) is 0 Å². The fraction of sp³-hybridized carbons (Fsp3) is 0.821. The predicted molar refractivity (Wildman–Crippen MR) is 168 cm³/mol. The number of nitrogens with zero attached hydrogens (tertiary/aromatic N) is 2. The van der Waals surface area contributed by atoms with Crippen molar-refractivity contribution in [2.24, 2.45) is 0 Å². The van der Waals surface area contributed by atoms with Crippen LogP contribution < -0.4 is 11.2 Å². The summed E-state index contributed by atoms with van der Waals surface area (Å²) in [6, 6.07) is 1.28. The Bertz CT molecular complexity index is 1210. The third-order valence-electron chi connectivity index (χ3n) is 9.57. The average molecular weight is 612 g/mol. The fourth-order valence-electron chi connectivity index (χ4n) is 3.62. The van der Waals surface area contributed by atoms with Crippen LogP contribution in [0.5, 0.6) is 0 Å². The Kier molecular flexibility index (Phi) is 9.64. The summed E-state index contributed by atoms with van der Waals surface area (Å²) in [6.07, 6.45) is -1.19. The first-order valence-electron chi connectivity index (χ1n) is 14.1. The molecule has 0 saturated carbocycles. The van der Waals surface area contributed by atoms with Crippen molar-refractivity contribution in [3.63, 3.8) is 0 Å². The highest BCUT2D eigenvalue weighted by Gasteiger charge is 2.67. The van der Waals surface area contributed by atoms with E-state index in [0.29, 0.717) is 0 Å². The van der Waals surface area contributed by atoms with E-state index in [1.807, 2.05) is 0 Å². The Morgan fingerprint density at radius 3 is 1.80 bits per heavy atom. The van der Waals surface area contributed by atoms with Crippen molar-refractivity contribution in [3.05, 3.63) is 44.5 Å². The Balaban J connectivity index is 2.82. The van der Waals surface area contributed by atoms with Crippen LogP contribution >= 0.6 is 0 Å². The van der Waals surface area contributed by atoms with Crippen molar-refractivity contribution in [1.29, 1.82) is 0 Å². The van der Waals surface area contributed by atoms with Crippen LogP contribution in [-0.4, -0.2) is 59.0 Å². The number of hydrogen-bond donors (Lipinski definition) is 1. The molecular weight excluding hydrogens is 559 g/mol. The zero-order chi connectivity index (χ0) is 31.3. The van der Waals surface area contributed by atoms with Crippen LogP contribution in [0.25, 0.3) is 4.85 Å². The molecule has 1 N–H and O–H groups in total. The van der Waals surface area contributed by atoms with E-state index in [9.17, 15) is 9.59 Å². The summed E-state index contributed by atoms with van der Waals surface area (Å²) in [4.78, 5) is 31.4. The van der Waals surface area contributed by atoms with Gasteiger partial charge in [0.2, 0.25) is 0 Å². The van der Waals surface area contributed by atoms with E-state index in [0.717, 1.165) is 0 Å². The minimum Gasteiger partial charge on any atom is -0.406 e. The zero-order valence-electron chi connectivity index (χ0n) is 27.4. The predicted octanol–water partition coefficient (Wildman–Crippen LogP) is 6.48. The van der Waals surface area contributed by atoms with Gasteiger partial charge in [0.15, 0.2) is 37.3 Å². The topological polar surface area (TPSA) is 96.1 Å². The lowest BCUT2D eigenvalue weighted by molar-refractivity contribution is -0.0964. The van der Waals surface area contributed by atoms with Gasteiger partial charge in [-0.05, 0) is 54.4 Å². The van der Waals surface area contributed by atoms with Crippen LogP contribution in [0, 0.1) is 6.57 Å². The van der Waals surface area contributed by atoms with E-state index in [2.05, 4.69) is 111 Å². The van der Waals surface area contributed by atoms with Crippen LogP contribution in [-0.2, 0) is 18.0 Å². The molecule has 0 radical (unpaired) electrons. The molecule has 1 aliphatic heterocycles. The highest BCUT2D eigenvalue weighted by molar-refractivity contribution is 6.75. The molecule has 1 aromatic rings. The largest absolute Gasteiger partial charge is 0.406 e. The summed E-state index contributed by atoms with van der Waals surface area (Å²) >= 11 is 0. The molecule has 0 amide bonds. The number of ether oxygens (including phenoxy) is 1. The number of aromatic nitrogens is 2. The average Bonchev–Trinajstić information content (AvgIpc) is 3.02. The Morgan fingerprint density at radius 1 is 0.900 bits per heavy atom. The molecule has 0 aromatic carbocycles. The maximum atomic E-state index is 13.1. The minimum atomic E-state index is -2.48. The van der Waals surface area contributed by atoms with E-state index in [1.165, 1.54) is 16.8 Å². The molecule has 2 rings (SSSR count). The van der Waals surface area contributed by atoms with Crippen molar-refractivity contribution in [3.8, 4) is 0 Å². The number of nitrogens with one attached hydrogen (secondary N) is 1. The summed E-state index contributed by atoms with van der Waals surface area (Å²) in [5, 5.41) is -0.400. The van der Waals surface area contributed by atoms with Crippen molar-refractivity contribution in [2.45, 2.75) is 141 Å². The van der Waals surface area contributed by atoms with Gasteiger partial charge in [0.05, 0.1) is 0 Å². The maximum Gasteiger partial charge on any atom is 0.388 e. The molecule has 12 heteroatoms. The molecule has 0 spiro atoms. The molecule has 1 saturated heterocycles. The second-order valence-electron chi connectivity index (χ2n) is 15.7. The van der Waals surface area contributed by atoms with Crippen LogP contribution in [0.4, 0.5) is 0 Å². The molecule has 1 aliphatic rings. The summed E-state index contributed by atoms with van der Waals surface area (Å²) < 4.78 is 28.6. The Labute approximate surface area is 244 Å². The molecule has 2 heterocycles. The molecule has 1 aromatic heterocycles. The molecule has 0 aliphatic carbocycles. The van der Waals surface area contributed by atoms with E-state index < -0.39 is 60.4 Å².